The van der Waals surface area contributed by atoms with Crippen LogP contribution in [-0.2, 0) is 6.61 Å². The van der Waals surface area contributed by atoms with Gasteiger partial charge in [0, 0.05) is 6.54 Å². The third-order valence-corrected chi connectivity index (χ3v) is 4.52. The normalized spacial score (nSPS) is 15.3. The number of hydrogen-bond acceptors (Lipinski definition) is 4. The summed E-state index contributed by atoms with van der Waals surface area (Å²) < 4.78 is 5.85. The highest BCUT2D eigenvalue weighted by molar-refractivity contribution is 5.66. The highest BCUT2D eigenvalue weighted by atomic mass is 16.5. The largest absolute Gasteiger partial charge is 0.489 e. The van der Waals surface area contributed by atoms with Crippen LogP contribution in [-0.4, -0.2) is 16.5 Å². The minimum absolute atomic E-state index is 0.202. The Hall–Kier alpha value is -3.28. The van der Waals surface area contributed by atoms with Crippen molar-refractivity contribution in [3.8, 4) is 5.75 Å². The van der Waals surface area contributed by atoms with Gasteiger partial charge in [-0.25, -0.2) is 10.3 Å². The van der Waals surface area contributed by atoms with Crippen molar-refractivity contribution in [2.24, 2.45) is 0 Å². The number of aromatic amines is 1. The highest BCUT2D eigenvalue weighted by Gasteiger charge is 2.34. The predicted octanol–water partition coefficient (Wildman–Crippen LogP) is 3.51. The van der Waals surface area contributed by atoms with Gasteiger partial charge in [-0.1, -0.05) is 49.4 Å². The lowest BCUT2D eigenvalue weighted by atomic mass is 10.1. The smallest absolute Gasteiger partial charge is 0.278 e. The molecule has 1 N–H and O–H groups in total. The first-order chi connectivity index (χ1) is 13.3. The number of nitrogens with one attached hydrogen (secondary N) is 1. The molecule has 3 aromatic rings. The van der Waals surface area contributed by atoms with Gasteiger partial charge in [-0.15, -0.1) is 0 Å². The Morgan fingerprint density at radius 3 is 2.63 bits per heavy atom. The van der Waals surface area contributed by atoms with Gasteiger partial charge in [-0.05, 0) is 29.7 Å². The van der Waals surface area contributed by atoms with Gasteiger partial charge in [0.1, 0.15) is 18.5 Å². The summed E-state index contributed by atoms with van der Waals surface area (Å²) in [6, 6.07) is 17.9. The Bertz CT molecular complexity index is 954. The zero-order chi connectivity index (χ0) is 18.6. The number of H-pyrrole nitrogens is 1. The first-order valence-corrected chi connectivity index (χ1v) is 9.08. The molecule has 0 saturated carbocycles. The van der Waals surface area contributed by atoms with Crippen LogP contribution in [0.3, 0.4) is 0 Å². The lowest BCUT2D eigenvalue weighted by Gasteiger charge is -2.24. The number of nitrogens with zero attached hydrogens (tertiary/aromatic N) is 3. The number of benzene rings is 2. The SMILES string of the molecule is CCCN1c2nc[nH]c(=O)c2[N]C1c1ccc(OCc2ccccc2)cc1. The molecule has 6 heteroatoms. The zero-order valence-corrected chi connectivity index (χ0v) is 15.1. The second-order valence-corrected chi connectivity index (χ2v) is 6.44. The fourth-order valence-electron chi connectivity index (χ4n) is 3.22. The van der Waals surface area contributed by atoms with Gasteiger partial charge in [-0.3, -0.25) is 4.79 Å². The molecule has 1 atom stereocenters. The molecule has 6 nitrogen and oxygen atoms in total. The van der Waals surface area contributed by atoms with E-state index >= 15 is 0 Å². The summed E-state index contributed by atoms with van der Waals surface area (Å²) in [5.41, 5.74) is 2.34. The molecule has 0 amide bonds. The summed E-state index contributed by atoms with van der Waals surface area (Å²) in [7, 11) is 0. The van der Waals surface area contributed by atoms with Gasteiger partial charge in [0.2, 0.25) is 0 Å². The maximum absolute atomic E-state index is 12.1. The summed E-state index contributed by atoms with van der Waals surface area (Å²) in [4.78, 5) is 21.1. The third-order valence-electron chi connectivity index (χ3n) is 4.52. The van der Waals surface area contributed by atoms with Crippen LogP contribution in [0.15, 0.2) is 65.7 Å². The number of rotatable bonds is 6. The monoisotopic (exact) mass is 361 g/mol. The van der Waals surface area contributed by atoms with Gasteiger partial charge < -0.3 is 14.6 Å². The topological polar surface area (TPSA) is 72.3 Å². The lowest BCUT2D eigenvalue weighted by molar-refractivity contribution is 0.306. The minimum Gasteiger partial charge on any atom is -0.489 e. The van der Waals surface area contributed by atoms with Crippen molar-refractivity contribution in [1.29, 1.82) is 0 Å². The highest BCUT2D eigenvalue weighted by Crippen LogP contribution is 2.37. The van der Waals surface area contributed by atoms with E-state index < -0.39 is 0 Å². The number of anilines is 1. The zero-order valence-electron chi connectivity index (χ0n) is 15.1. The molecule has 0 spiro atoms. The van der Waals surface area contributed by atoms with Gasteiger partial charge in [0.25, 0.3) is 5.56 Å². The fraction of sp³-hybridized carbons (Fsp3) is 0.238. The number of ether oxygens (including phenoxy) is 1. The van der Waals surface area contributed by atoms with Crippen molar-refractivity contribution in [1.82, 2.24) is 15.3 Å². The van der Waals surface area contributed by atoms with Gasteiger partial charge >= 0.3 is 0 Å². The summed E-state index contributed by atoms with van der Waals surface area (Å²) in [5, 5.41) is 4.62. The van der Waals surface area contributed by atoms with Crippen LogP contribution >= 0.6 is 0 Å². The summed E-state index contributed by atoms with van der Waals surface area (Å²) in [5.74, 6) is 1.45. The fourth-order valence-corrected chi connectivity index (χ4v) is 3.22. The Labute approximate surface area is 157 Å². The van der Waals surface area contributed by atoms with Gasteiger partial charge in [0.15, 0.2) is 11.5 Å². The summed E-state index contributed by atoms with van der Waals surface area (Å²) in [6.45, 7) is 3.41. The molecule has 4 rings (SSSR count). The molecule has 1 aromatic heterocycles. The Balaban J connectivity index is 1.51. The minimum atomic E-state index is -0.237. The average Bonchev–Trinajstić information content (AvgIpc) is 3.08. The Morgan fingerprint density at radius 1 is 1.11 bits per heavy atom. The lowest BCUT2D eigenvalue weighted by Crippen LogP contribution is -2.28. The van der Waals surface area contributed by atoms with E-state index in [1.807, 2.05) is 54.6 Å². The molecule has 1 aliphatic heterocycles. The average molecular weight is 361 g/mol. The number of fused-ring (bicyclic) bond motifs is 1. The first kappa shape index (κ1) is 17.1. The summed E-state index contributed by atoms with van der Waals surface area (Å²) >= 11 is 0. The molecule has 0 fully saturated rings. The van der Waals surface area contributed by atoms with Crippen LogP contribution in [0.4, 0.5) is 11.5 Å². The maximum atomic E-state index is 12.1. The van der Waals surface area contributed by atoms with E-state index in [1.54, 1.807) is 0 Å². The molecule has 27 heavy (non-hydrogen) atoms. The molecule has 1 radical (unpaired) electrons. The van der Waals surface area contributed by atoms with Crippen molar-refractivity contribution in [2.45, 2.75) is 26.1 Å². The molecular weight excluding hydrogens is 340 g/mol. The van der Waals surface area contributed by atoms with E-state index in [1.165, 1.54) is 6.33 Å². The van der Waals surface area contributed by atoms with E-state index in [-0.39, 0.29) is 11.7 Å². The van der Waals surface area contributed by atoms with Crippen LogP contribution in [0, 0.1) is 0 Å². The Morgan fingerprint density at radius 2 is 1.89 bits per heavy atom. The van der Waals surface area contributed by atoms with Gasteiger partial charge in [0.05, 0.1) is 6.33 Å². The van der Waals surface area contributed by atoms with E-state index in [9.17, 15) is 4.79 Å². The molecule has 0 aliphatic carbocycles. The molecule has 2 heterocycles. The molecule has 2 aromatic carbocycles. The van der Waals surface area contributed by atoms with Crippen molar-refractivity contribution in [3.63, 3.8) is 0 Å². The van der Waals surface area contributed by atoms with Crippen molar-refractivity contribution < 1.29 is 4.74 Å². The van der Waals surface area contributed by atoms with E-state index in [4.69, 9.17) is 4.74 Å². The molecule has 0 saturated heterocycles. The van der Waals surface area contributed by atoms with Crippen LogP contribution < -0.4 is 20.5 Å². The van der Waals surface area contributed by atoms with Crippen LogP contribution in [0.25, 0.3) is 0 Å². The van der Waals surface area contributed by atoms with E-state index in [0.29, 0.717) is 18.1 Å². The quantitative estimate of drug-likeness (QED) is 0.729. The van der Waals surface area contributed by atoms with Gasteiger partial charge in [-0.2, -0.15) is 0 Å². The van der Waals surface area contributed by atoms with Crippen molar-refractivity contribution in [3.05, 3.63) is 82.4 Å². The predicted molar refractivity (Wildman–Crippen MR) is 104 cm³/mol. The second-order valence-electron chi connectivity index (χ2n) is 6.44. The maximum Gasteiger partial charge on any atom is 0.278 e. The van der Waals surface area contributed by atoms with Crippen molar-refractivity contribution >= 4 is 11.5 Å². The van der Waals surface area contributed by atoms with E-state index in [2.05, 4.69) is 27.1 Å². The Kier molecular flexibility index (Phi) is 4.78. The molecule has 1 aliphatic rings. The second kappa shape index (κ2) is 7.53. The van der Waals surface area contributed by atoms with Crippen LogP contribution in [0.2, 0.25) is 0 Å². The summed E-state index contributed by atoms with van der Waals surface area (Å²) in [6.07, 6.45) is 2.14. The third kappa shape index (κ3) is 3.51. The van der Waals surface area contributed by atoms with Crippen LogP contribution in [0.1, 0.15) is 30.6 Å². The molecular formula is C21H21N4O2. The van der Waals surface area contributed by atoms with Crippen molar-refractivity contribution in [2.75, 3.05) is 11.4 Å². The van der Waals surface area contributed by atoms with E-state index in [0.717, 1.165) is 29.8 Å². The number of hydrogen-bond donors (Lipinski definition) is 1. The molecule has 0 bridgehead atoms. The standard InChI is InChI=1S/C21H21N4O2/c1-2-12-25-19(24-18-20(25)22-14-23-21(18)26)16-8-10-17(11-9-16)27-13-15-6-4-3-5-7-15/h3-11,14,19H,2,12-13H2,1H3,(H,22,23,26). The molecule has 1 unspecified atom stereocenters. The van der Waals surface area contributed by atoms with Crippen LogP contribution in [0.5, 0.6) is 5.75 Å². The first-order valence-electron chi connectivity index (χ1n) is 9.08. The number of aromatic nitrogens is 2. The molecule has 137 valence electrons.